The van der Waals surface area contributed by atoms with Crippen LogP contribution in [0.2, 0.25) is 0 Å². The van der Waals surface area contributed by atoms with Gasteiger partial charge in [-0.3, -0.25) is 14.7 Å². The van der Waals surface area contributed by atoms with Crippen molar-refractivity contribution in [3.8, 4) is 11.1 Å². The van der Waals surface area contributed by atoms with E-state index in [1.807, 2.05) is 84.6 Å². The number of aliphatic carboxylic acids is 1. The van der Waals surface area contributed by atoms with E-state index < -0.39 is 23.3 Å². The van der Waals surface area contributed by atoms with Crippen LogP contribution in [0.3, 0.4) is 0 Å². The number of carboxylic acids is 1. The minimum Gasteiger partial charge on any atom is -0.481 e. The van der Waals surface area contributed by atoms with Crippen LogP contribution >= 0.6 is 0 Å². The van der Waals surface area contributed by atoms with Gasteiger partial charge in [-0.05, 0) is 72.4 Å². The zero-order valence-corrected chi connectivity index (χ0v) is 23.6. The van der Waals surface area contributed by atoms with Crippen LogP contribution in [0.5, 0.6) is 0 Å². The number of carbonyl (C=O) groups is 1. The average Bonchev–Trinajstić information content (AvgIpc) is 3.44. The number of hydrogen-bond acceptors (Lipinski definition) is 4. The van der Waals surface area contributed by atoms with Crippen LogP contribution in [-0.2, 0) is 36.0 Å². The fraction of sp³-hybridized carbons (Fsp3) is 0.235. The molecule has 216 valence electrons. The first-order valence-corrected chi connectivity index (χ1v) is 13.6. The first-order chi connectivity index (χ1) is 19.9. The number of nitrogens with zero attached hydrogens (tertiary/aromatic N) is 2. The van der Waals surface area contributed by atoms with Gasteiger partial charge in [-0.1, -0.05) is 66.7 Å². The molecule has 0 spiro atoms. The lowest BCUT2D eigenvalue weighted by Gasteiger charge is -2.23. The third kappa shape index (κ3) is 6.24. The molecule has 0 unspecified atom stereocenters. The molecule has 0 aliphatic heterocycles. The predicted molar refractivity (Wildman–Crippen MR) is 156 cm³/mol. The summed E-state index contributed by atoms with van der Waals surface area (Å²) in [7, 11) is 0. The number of benzene rings is 3. The van der Waals surface area contributed by atoms with Crippen LogP contribution in [0.4, 0.5) is 13.2 Å². The minimum atomic E-state index is -4.55. The number of hydrogen-bond donors (Lipinski definition) is 1. The second-order valence-electron chi connectivity index (χ2n) is 11.1. The molecule has 0 bridgehead atoms. The molecule has 0 fully saturated rings. The lowest BCUT2D eigenvalue weighted by Crippen LogP contribution is -2.28. The second-order valence-corrected chi connectivity index (χ2v) is 11.1. The van der Waals surface area contributed by atoms with Crippen LogP contribution < -0.4 is 0 Å². The number of pyridine rings is 1. The van der Waals surface area contributed by atoms with Crippen molar-refractivity contribution in [3.05, 3.63) is 125 Å². The van der Waals surface area contributed by atoms with Gasteiger partial charge in [0.25, 0.3) is 0 Å². The molecule has 0 aliphatic rings. The van der Waals surface area contributed by atoms with Gasteiger partial charge in [0, 0.05) is 24.7 Å². The summed E-state index contributed by atoms with van der Waals surface area (Å²) in [6, 6.07) is 25.6. The van der Waals surface area contributed by atoms with Gasteiger partial charge in [-0.2, -0.15) is 13.2 Å². The number of carboxylic acid groups (broad SMARTS) is 1. The number of aromatic nitrogens is 1. The maximum atomic E-state index is 13.2. The smallest absolute Gasteiger partial charge is 0.449 e. The molecular weight excluding hydrogens is 541 g/mol. The van der Waals surface area contributed by atoms with Gasteiger partial charge in [0.2, 0.25) is 5.76 Å². The topological polar surface area (TPSA) is 66.6 Å². The van der Waals surface area contributed by atoms with Crippen LogP contribution in [0.1, 0.15) is 47.6 Å². The number of fused-ring (bicyclic) bond motifs is 1. The van der Waals surface area contributed by atoms with E-state index in [-0.39, 0.29) is 12.3 Å². The van der Waals surface area contributed by atoms with Gasteiger partial charge < -0.3 is 9.52 Å². The third-order valence-corrected chi connectivity index (χ3v) is 7.63. The Morgan fingerprint density at radius 2 is 1.64 bits per heavy atom. The standard InChI is InChI=1S/C34H31F3N2O3/c1-22-9-12-25-7-5-17-38-31(25)29(22)21-39(20-28-15-16-30(42-28)34(35,36)37)19-23-10-13-24(14-11-23)26-6-4-8-27(18-26)33(2,3)32(40)41/h4-18H,19-21H2,1-3H3,(H,40,41). The summed E-state index contributed by atoms with van der Waals surface area (Å²) in [6.07, 6.45) is -2.81. The second kappa shape index (κ2) is 11.4. The largest absolute Gasteiger partial charge is 0.481 e. The summed E-state index contributed by atoms with van der Waals surface area (Å²) in [5.74, 6) is -1.69. The van der Waals surface area contributed by atoms with Gasteiger partial charge in [-0.25, -0.2) is 0 Å². The van der Waals surface area contributed by atoms with Gasteiger partial charge in [0.05, 0.1) is 17.5 Å². The van der Waals surface area contributed by atoms with E-state index >= 15 is 0 Å². The van der Waals surface area contributed by atoms with E-state index in [9.17, 15) is 23.1 Å². The summed E-state index contributed by atoms with van der Waals surface area (Å²) < 4.78 is 44.8. The van der Waals surface area contributed by atoms with Crippen molar-refractivity contribution >= 4 is 16.9 Å². The van der Waals surface area contributed by atoms with Crippen molar-refractivity contribution in [2.75, 3.05) is 0 Å². The fourth-order valence-corrected chi connectivity index (χ4v) is 5.00. The Morgan fingerprint density at radius 1 is 0.881 bits per heavy atom. The molecule has 8 heteroatoms. The molecule has 0 amide bonds. The molecule has 5 aromatic rings. The van der Waals surface area contributed by atoms with Gasteiger partial charge >= 0.3 is 12.1 Å². The molecule has 0 saturated heterocycles. The zero-order chi connectivity index (χ0) is 30.1. The molecule has 0 atom stereocenters. The van der Waals surface area contributed by atoms with Crippen molar-refractivity contribution in [2.24, 2.45) is 0 Å². The Kier molecular flexibility index (Phi) is 7.93. The molecule has 0 aliphatic carbocycles. The Bertz CT molecular complexity index is 1720. The van der Waals surface area contributed by atoms with Crippen molar-refractivity contribution in [3.63, 3.8) is 0 Å². The molecule has 0 saturated carbocycles. The number of rotatable bonds is 9. The quantitative estimate of drug-likeness (QED) is 0.192. The lowest BCUT2D eigenvalue weighted by atomic mass is 9.83. The summed E-state index contributed by atoms with van der Waals surface area (Å²) in [5, 5.41) is 10.6. The maximum Gasteiger partial charge on any atom is 0.449 e. The lowest BCUT2D eigenvalue weighted by molar-refractivity contribution is -0.153. The normalized spacial score (nSPS) is 12.3. The average molecular weight is 573 g/mol. The first-order valence-electron chi connectivity index (χ1n) is 13.6. The molecule has 3 aromatic carbocycles. The van der Waals surface area contributed by atoms with Crippen molar-refractivity contribution in [1.29, 1.82) is 0 Å². The van der Waals surface area contributed by atoms with Crippen LogP contribution in [0.15, 0.2) is 95.5 Å². The van der Waals surface area contributed by atoms with E-state index in [1.54, 1.807) is 20.0 Å². The van der Waals surface area contributed by atoms with Crippen molar-refractivity contribution in [1.82, 2.24) is 9.88 Å². The molecule has 2 aromatic heterocycles. The summed E-state index contributed by atoms with van der Waals surface area (Å²) in [5.41, 5.74) is 5.39. The molecule has 0 radical (unpaired) electrons. The summed E-state index contributed by atoms with van der Waals surface area (Å²) >= 11 is 0. The first kappa shape index (κ1) is 29.1. The fourth-order valence-electron chi connectivity index (χ4n) is 5.00. The number of furan rings is 1. The van der Waals surface area contributed by atoms with Crippen LogP contribution in [-0.4, -0.2) is 21.0 Å². The van der Waals surface area contributed by atoms with E-state index in [4.69, 9.17) is 4.42 Å². The predicted octanol–water partition coefficient (Wildman–Crippen LogP) is 8.39. The Labute approximate surface area is 242 Å². The SMILES string of the molecule is Cc1ccc2cccnc2c1CN(Cc1ccc(-c2cccc(C(C)(C)C(=O)O)c2)cc1)Cc1ccc(C(F)(F)F)o1. The van der Waals surface area contributed by atoms with Gasteiger partial charge in [-0.15, -0.1) is 0 Å². The molecule has 5 nitrogen and oxygen atoms in total. The highest BCUT2D eigenvalue weighted by Crippen LogP contribution is 2.32. The number of halogens is 3. The monoisotopic (exact) mass is 572 g/mol. The van der Waals surface area contributed by atoms with E-state index in [0.717, 1.165) is 44.8 Å². The van der Waals surface area contributed by atoms with Crippen molar-refractivity contribution < 1.29 is 27.5 Å². The highest BCUT2D eigenvalue weighted by atomic mass is 19.4. The number of aryl methyl sites for hydroxylation is 1. The highest BCUT2D eigenvalue weighted by molar-refractivity contribution is 5.83. The van der Waals surface area contributed by atoms with E-state index in [2.05, 4.69) is 4.98 Å². The van der Waals surface area contributed by atoms with E-state index in [1.165, 1.54) is 6.07 Å². The van der Waals surface area contributed by atoms with Crippen molar-refractivity contribution in [2.45, 2.75) is 52.0 Å². The summed E-state index contributed by atoms with van der Waals surface area (Å²) in [4.78, 5) is 18.4. The molecule has 5 rings (SSSR count). The van der Waals surface area contributed by atoms with E-state index in [0.29, 0.717) is 18.7 Å². The molecule has 1 N–H and O–H groups in total. The van der Waals surface area contributed by atoms with Gasteiger partial charge in [0.1, 0.15) is 5.76 Å². The van der Waals surface area contributed by atoms with Crippen LogP contribution in [0, 0.1) is 6.92 Å². The Balaban J connectivity index is 1.43. The summed E-state index contributed by atoms with van der Waals surface area (Å²) in [6.45, 7) is 6.44. The van der Waals surface area contributed by atoms with Crippen LogP contribution in [0.25, 0.3) is 22.0 Å². The molecule has 2 heterocycles. The zero-order valence-electron chi connectivity index (χ0n) is 23.6. The van der Waals surface area contributed by atoms with Gasteiger partial charge in [0.15, 0.2) is 0 Å². The maximum absolute atomic E-state index is 13.2. The number of alkyl halides is 3. The Morgan fingerprint density at radius 3 is 2.33 bits per heavy atom. The highest BCUT2D eigenvalue weighted by Gasteiger charge is 2.35. The molecule has 42 heavy (non-hydrogen) atoms. The molecular formula is C34H31F3N2O3. The third-order valence-electron chi connectivity index (χ3n) is 7.63. The Hall–Kier alpha value is -4.43. The minimum absolute atomic E-state index is 0.173.